The number of rotatable bonds is 1. The second kappa shape index (κ2) is 4.61. The molecule has 1 rings (SSSR count). The Balaban J connectivity index is 3.14. The molecule has 0 unspecified atom stereocenters. The summed E-state index contributed by atoms with van der Waals surface area (Å²) in [4.78, 5) is 14.3. The molecular formula is C9H7ClN2O2. The zero-order chi connectivity index (χ0) is 10.6. The lowest BCUT2D eigenvalue weighted by molar-refractivity contribution is 0.0696. The maximum Gasteiger partial charge on any atom is 0.337 e. The highest BCUT2D eigenvalue weighted by Gasteiger charge is 2.06. The molecule has 0 aliphatic heterocycles. The maximum absolute atomic E-state index is 10.6. The quantitative estimate of drug-likeness (QED) is 0.530. The van der Waals surface area contributed by atoms with E-state index in [-0.39, 0.29) is 17.3 Å². The van der Waals surface area contributed by atoms with E-state index >= 15 is 0 Å². The van der Waals surface area contributed by atoms with Gasteiger partial charge in [-0.25, -0.2) is 9.78 Å². The molecule has 1 aromatic rings. The van der Waals surface area contributed by atoms with Crippen molar-refractivity contribution in [3.05, 3.63) is 28.5 Å². The van der Waals surface area contributed by atoms with Gasteiger partial charge in [-0.3, -0.25) is 0 Å². The molecular weight excluding hydrogens is 204 g/mol. The van der Waals surface area contributed by atoms with Gasteiger partial charge in [0.1, 0.15) is 5.15 Å². The number of aromatic nitrogens is 1. The van der Waals surface area contributed by atoms with Gasteiger partial charge in [0.05, 0.1) is 17.7 Å². The second-order valence-electron chi connectivity index (χ2n) is 2.37. The van der Waals surface area contributed by atoms with Gasteiger partial charge in [0, 0.05) is 6.20 Å². The van der Waals surface area contributed by atoms with Crippen LogP contribution in [0.25, 0.3) is 0 Å². The van der Waals surface area contributed by atoms with Gasteiger partial charge >= 0.3 is 5.97 Å². The van der Waals surface area contributed by atoms with E-state index in [2.05, 4.69) is 16.8 Å². The number of hydrogen-bond donors (Lipinski definition) is 2. The second-order valence-corrected chi connectivity index (χ2v) is 2.73. The molecule has 0 aromatic carbocycles. The Bertz CT molecular complexity index is 421. The van der Waals surface area contributed by atoms with Crippen molar-refractivity contribution in [3.63, 3.8) is 0 Å². The molecule has 0 radical (unpaired) electrons. The third-order valence-corrected chi connectivity index (χ3v) is 1.71. The predicted octanol–water partition coefficient (Wildman–Crippen LogP) is 0.743. The summed E-state index contributed by atoms with van der Waals surface area (Å²) in [5.41, 5.74) is 5.59. The molecule has 0 spiro atoms. The number of nitrogens with zero attached hydrogens (tertiary/aromatic N) is 1. The molecule has 72 valence electrons. The van der Waals surface area contributed by atoms with Gasteiger partial charge in [0.2, 0.25) is 0 Å². The van der Waals surface area contributed by atoms with Crippen molar-refractivity contribution in [1.29, 1.82) is 0 Å². The summed E-state index contributed by atoms with van der Waals surface area (Å²) in [5.74, 6) is 4.14. The predicted molar refractivity (Wildman–Crippen MR) is 52.1 cm³/mol. The fraction of sp³-hybridized carbons (Fsp3) is 0.111. The van der Waals surface area contributed by atoms with Crippen molar-refractivity contribution in [2.45, 2.75) is 0 Å². The average molecular weight is 211 g/mol. The Labute approximate surface area is 85.7 Å². The first-order chi connectivity index (χ1) is 6.65. The van der Waals surface area contributed by atoms with Gasteiger partial charge < -0.3 is 10.8 Å². The molecule has 14 heavy (non-hydrogen) atoms. The summed E-state index contributed by atoms with van der Waals surface area (Å²) in [7, 11) is 0. The third kappa shape index (κ3) is 2.46. The van der Waals surface area contributed by atoms with Gasteiger partial charge in [0.25, 0.3) is 0 Å². The molecule has 1 heterocycles. The number of pyridine rings is 1. The van der Waals surface area contributed by atoms with Crippen LogP contribution >= 0.6 is 11.6 Å². The van der Waals surface area contributed by atoms with Crippen LogP contribution in [0, 0.1) is 11.8 Å². The van der Waals surface area contributed by atoms with Crippen LogP contribution in [0.5, 0.6) is 0 Å². The van der Waals surface area contributed by atoms with Crippen molar-refractivity contribution in [2.24, 2.45) is 5.73 Å². The topological polar surface area (TPSA) is 76.2 Å². The first-order valence-corrected chi connectivity index (χ1v) is 4.10. The van der Waals surface area contributed by atoms with Crippen LogP contribution < -0.4 is 5.73 Å². The summed E-state index contributed by atoms with van der Waals surface area (Å²) < 4.78 is 0. The lowest BCUT2D eigenvalue weighted by Gasteiger charge is -1.96. The fourth-order valence-corrected chi connectivity index (χ4v) is 0.950. The molecule has 0 aliphatic rings. The molecule has 3 N–H and O–H groups in total. The van der Waals surface area contributed by atoms with E-state index in [4.69, 9.17) is 22.4 Å². The van der Waals surface area contributed by atoms with Crippen LogP contribution in [0.3, 0.4) is 0 Å². The van der Waals surface area contributed by atoms with Crippen molar-refractivity contribution in [3.8, 4) is 11.8 Å². The van der Waals surface area contributed by atoms with Gasteiger partial charge in [-0.15, -0.1) is 0 Å². The van der Waals surface area contributed by atoms with Crippen LogP contribution in [0.15, 0.2) is 12.3 Å². The highest BCUT2D eigenvalue weighted by atomic mass is 35.5. The first-order valence-electron chi connectivity index (χ1n) is 3.73. The van der Waals surface area contributed by atoms with Crippen LogP contribution in [0.4, 0.5) is 0 Å². The Hall–Kier alpha value is -1.57. The molecule has 0 bridgehead atoms. The molecule has 0 saturated carbocycles. The monoisotopic (exact) mass is 210 g/mol. The molecule has 0 saturated heterocycles. The zero-order valence-electron chi connectivity index (χ0n) is 7.12. The number of carbonyl (C=O) groups is 1. The molecule has 0 aliphatic carbocycles. The van der Waals surface area contributed by atoms with E-state index in [0.717, 1.165) is 0 Å². The van der Waals surface area contributed by atoms with Crippen LogP contribution in [-0.4, -0.2) is 22.6 Å². The molecule has 4 nitrogen and oxygen atoms in total. The maximum atomic E-state index is 10.6. The van der Waals surface area contributed by atoms with Gasteiger partial charge in [-0.05, 0) is 6.07 Å². The number of nitrogens with two attached hydrogens (primary N) is 1. The molecule has 0 atom stereocenters. The lowest BCUT2D eigenvalue weighted by atomic mass is 10.2. The molecule has 1 aromatic heterocycles. The number of carboxylic acid groups (broad SMARTS) is 1. The van der Waals surface area contributed by atoms with Crippen LogP contribution in [0.2, 0.25) is 5.15 Å². The Morgan fingerprint density at radius 1 is 1.71 bits per heavy atom. The molecule has 5 heteroatoms. The first kappa shape index (κ1) is 10.5. The number of halogens is 1. The Morgan fingerprint density at radius 2 is 2.43 bits per heavy atom. The van der Waals surface area contributed by atoms with Gasteiger partial charge in [-0.2, -0.15) is 0 Å². The van der Waals surface area contributed by atoms with E-state index in [1.807, 2.05) is 0 Å². The minimum Gasteiger partial charge on any atom is -0.478 e. The van der Waals surface area contributed by atoms with Crippen molar-refractivity contribution >= 4 is 17.6 Å². The summed E-state index contributed by atoms with van der Waals surface area (Å²) in [6, 6.07) is 1.36. The minimum absolute atomic E-state index is 0.0516. The largest absolute Gasteiger partial charge is 0.478 e. The van der Waals surface area contributed by atoms with Gasteiger partial charge in [0.15, 0.2) is 0 Å². The van der Waals surface area contributed by atoms with E-state index in [1.165, 1.54) is 12.3 Å². The van der Waals surface area contributed by atoms with Crippen molar-refractivity contribution in [1.82, 2.24) is 4.98 Å². The van der Waals surface area contributed by atoms with Gasteiger partial charge in [-0.1, -0.05) is 23.4 Å². The average Bonchev–Trinajstić information content (AvgIpc) is 2.16. The molecule has 0 fully saturated rings. The van der Waals surface area contributed by atoms with Crippen molar-refractivity contribution < 1.29 is 9.90 Å². The van der Waals surface area contributed by atoms with E-state index < -0.39 is 5.97 Å². The van der Waals surface area contributed by atoms with Crippen molar-refractivity contribution in [2.75, 3.05) is 6.54 Å². The van der Waals surface area contributed by atoms with E-state index in [9.17, 15) is 4.79 Å². The zero-order valence-corrected chi connectivity index (χ0v) is 7.88. The third-order valence-electron chi connectivity index (χ3n) is 1.41. The summed E-state index contributed by atoms with van der Waals surface area (Å²) in [5, 5.41) is 8.85. The highest BCUT2D eigenvalue weighted by Crippen LogP contribution is 2.12. The number of carboxylic acids is 1. The van der Waals surface area contributed by atoms with E-state index in [0.29, 0.717) is 5.56 Å². The Kier molecular flexibility index (Phi) is 3.46. The van der Waals surface area contributed by atoms with Crippen LogP contribution in [0.1, 0.15) is 15.9 Å². The smallest absolute Gasteiger partial charge is 0.337 e. The fourth-order valence-electron chi connectivity index (χ4n) is 0.799. The lowest BCUT2D eigenvalue weighted by Crippen LogP contribution is -1.99. The molecule has 0 amide bonds. The Morgan fingerprint density at radius 3 is 3.00 bits per heavy atom. The minimum atomic E-state index is -1.06. The standard InChI is InChI=1S/C9H7ClN2O2/c10-8-6(2-1-3-11)4-7(5-12-8)9(13)14/h4-5H,3,11H2,(H,13,14). The summed E-state index contributed by atoms with van der Waals surface area (Å²) >= 11 is 5.69. The number of hydrogen-bond acceptors (Lipinski definition) is 3. The van der Waals surface area contributed by atoms with Crippen LogP contribution in [-0.2, 0) is 0 Å². The normalized spacial score (nSPS) is 9.00. The summed E-state index contributed by atoms with van der Waals surface area (Å²) in [6.45, 7) is 0.188. The summed E-state index contributed by atoms with van der Waals surface area (Å²) in [6.07, 6.45) is 1.18. The van der Waals surface area contributed by atoms with E-state index in [1.54, 1.807) is 0 Å². The highest BCUT2D eigenvalue weighted by molar-refractivity contribution is 6.30. The SMILES string of the molecule is NCC#Cc1cc(C(=O)O)cnc1Cl. The number of aromatic carboxylic acids is 1.